The molecule has 0 spiro atoms. The lowest BCUT2D eigenvalue weighted by Crippen LogP contribution is -2.48. The zero-order valence-corrected chi connectivity index (χ0v) is 21.4. The highest BCUT2D eigenvalue weighted by Gasteiger charge is 2.53. The van der Waals surface area contributed by atoms with E-state index in [2.05, 4.69) is 14.4 Å². The van der Waals surface area contributed by atoms with Crippen LogP contribution in [0.3, 0.4) is 0 Å². The van der Waals surface area contributed by atoms with Crippen LogP contribution in [0.1, 0.15) is 31.9 Å². The van der Waals surface area contributed by atoms with Gasteiger partial charge in [0.1, 0.15) is 16.2 Å². The van der Waals surface area contributed by atoms with Crippen LogP contribution in [0, 0.1) is 0 Å². The summed E-state index contributed by atoms with van der Waals surface area (Å²) in [6.45, 7) is 4.66. The van der Waals surface area contributed by atoms with Crippen molar-refractivity contribution in [1.29, 1.82) is 0 Å². The van der Waals surface area contributed by atoms with Gasteiger partial charge in [0.15, 0.2) is 17.0 Å². The zero-order chi connectivity index (χ0) is 26.6. The molecular weight excluding hydrogens is 510 g/mol. The van der Waals surface area contributed by atoms with Gasteiger partial charge in [-0.05, 0) is 44.5 Å². The molecule has 0 saturated carbocycles. The molecule has 0 bridgehead atoms. The summed E-state index contributed by atoms with van der Waals surface area (Å²) in [6.07, 6.45) is 0.429. The second kappa shape index (κ2) is 8.62. The maximum Gasteiger partial charge on any atom is 0.324 e. The average Bonchev–Trinajstić information content (AvgIpc) is 2.76. The van der Waals surface area contributed by atoms with Gasteiger partial charge in [0.25, 0.3) is 0 Å². The molecule has 0 amide bonds. The summed E-state index contributed by atoms with van der Waals surface area (Å²) in [5.41, 5.74) is -1.64. The molecule has 2 aliphatic rings. The quantitative estimate of drug-likeness (QED) is 0.283. The van der Waals surface area contributed by atoms with E-state index in [0.717, 1.165) is 6.26 Å². The number of carbonyl (C=O) groups is 2. The van der Waals surface area contributed by atoms with Crippen molar-refractivity contribution in [3.63, 3.8) is 0 Å². The Kier molecular flexibility index (Phi) is 6.15. The SMILES string of the molecule is CC(C)OC(=O)C1(C)C(=O)C(C2=NS(O)(O)c3cc(NS(C)(=O)=O)ccc3N2)=C(O)c2ccccc21. The van der Waals surface area contributed by atoms with Crippen LogP contribution in [0.5, 0.6) is 0 Å². The number of ether oxygens (including phenoxy) is 1. The minimum Gasteiger partial charge on any atom is -0.506 e. The van der Waals surface area contributed by atoms with Crippen molar-refractivity contribution in [2.45, 2.75) is 37.2 Å². The number of hydrogen-bond donors (Lipinski definition) is 5. The molecule has 1 aliphatic carbocycles. The number of Topliss-reactive ketones (excluding diaryl/α,β-unsaturated/α-hetero) is 1. The number of aliphatic hydroxyl groups is 1. The number of amidine groups is 1. The van der Waals surface area contributed by atoms with Gasteiger partial charge in [-0.1, -0.05) is 35.0 Å². The van der Waals surface area contributed by atoms with Crippen LogP contribution in [0.15, 0.2) is 57.3 Å². The van der Waals surface area contributed by atoms with Gasteiger partial charge in [0, 0.05) is 5.56 Å². The number of nitrogens with one attached hydrogen (secondary N) is 2. The van der Waals surface area contributed by atoms with Gasteiger partial charge >= 0.3 is 5.97 Å². The van der Waals surface area contributed by atoms with E-state index in [1.165, 1.54) is 37.3 Å². The molecular formula is C23H25N3O8S2. The van der Waals surface area contributed by atoms with E-state index in [1.54, 1.807) is 26.0 Å². The van der Waals surface area contributed by atoms with Crippen molar-refractivity contribution in [2.24, 2.45) is 4.40 Å². The standard InChI is InChI=1S/C23H25N3O8S2/c1-12(2)34-22(29)23(3)15-8-6-5-7-14(15)19(27)18(20(23)28)21-24-16-10-9-13(25-35(4,30)31)11-17(16)36(32,33)26-21/h5-12,25,27,32-33H,1-4H3,(H,24,26). The van der Waals surface area contributed by atoms with Gasteiger partial charge in [-0.15, -0.1) is 4.40 Å². The minimum absolute atomic E-state index is 0.0745. The smallest absolute Gasteiger partial charge is 0.324 e. The van der Waals surface area contributed by atoms with Crippen LogP contribution in [0.2, 0.25) is 0 Å². The number of esters is 1. The van der Waals surface area contributed by atoms with Gasteiger partial charge in [0.2, 0.25) is 10.0 Å². The van der Waals surface area contributed by atoms with Gasteiger partial charge in [-0.3, -0.25) is 23.4 Å². The summed E-state index contributed by atoms with van der Waals surface area (Å²) in [5, 5.41) is 13.9. The van der Waals surface area contributed by atoms with E-state index in [1.807, 2.05) is 0 Å². The van der Waals surface area contributed by atoms with E-state index in [-0.39, 0.29) is 33.2 Å². The van der Waals surface area contributed by atoms with Gasteiger partial charge in [-0.25, -0.2) is 8.42 Å². The molecule has 36 heavy (non-hydrogen) atoms. The number of rotatable bonds is 5. The number of aliphatic hydroxyl groups excluding tert-OH is 1. The Bertz CT molecular complexity index is 1460. The lowest BCUT2D eigenvalue weighted by Gasteiger charge is -2.38. The van der Waals surface area contributed by atoms with Crippen LogP contribution in [-0.4, -0.2) is 52.6 Å². The summed E-state index contributed by atoms with van der Waals surface area (Å²) in [4.78, 5) is 26.8. The number of carbonyl (C=O) groups excluding carboxylic acids is 2. The second-order valence-electron chi connectivity index (χ2n) is 8.85. The summed E-state index contributed by atoms with van der Waals surface area (Å²) in [6, 6.07) is 10.3. The van der Waals surface area contributed by atoms with E-state index in [9.17, 15) is 32.2 Å². The van der Waals surface area contributed by atoms with E-state index >= 15 is 0 Å². The van der Waals surface area contributed by atoms with Gasteiger partial charge in [-0.2, -0.15) is 0 Å². The van der Waals surface area contributed by atoms with Crippen molar-refractivity contribution >= 4 is 55.5 Å². The number of ketones is 1. The first-order valence-corrected chi connectivity index (χ1v) is 14.1. The van der Waals surface area contributed by atoms with Crippen LogP contribution in [0.4, 0.5) is 11.4 Å². The number of hydrogen-bond acceptors (Lipinski definition) is 10. The molecule has 1 unspecified atom stereocenters. The normalized spacial score (nSPS) is 21.6. The Morgan fingerprint density at radius 2 is 1.86 bits per heavy atom. The summed E-state index contributed by atoms with van der Waals surface area (Å²) in [7, 11) is -7.57. The number of sulfonamides is 1. The fraction of sp³-hybridized carbons (Fsp3) is 0.261. The summed E-state index contributed by atoms with van der Waals surface area (Å²) in [5.74, 6) is -2.53. The minimum atomic E-state index is -3.94. The van der Waals surface area contributed by atoms with Crippen molar-refractivity contribution < 1.29 is 37.0 Å². The van der Waals surface area contributed by atoms with Crippen molar-refractivity contribution in [3.05, 3.63) is 59.2 Å². The average molecular weight is 536 g/mol. The first-order valence-electron chi connectivity index (χ1n) is 10.7. The molecule has 13 heteroatoms. The molecule has 1 atom stereocenters. The first-order chi connectivity index (χ1) is 16.6. The predicted molar refractivity (Wildman–Crippen MR) is 137 cm³/mol. The summed E-state index contributed by atoms with van der Waals surface area (Å²) >= 11 is 0. The Labute approximate surface area is 209 Å². The Morgan fingerprint density at radius 3 is 2.50 bits per heavy atom. The third kappa shape index (κ3) is 4.34. The van der Waals surface area contributed by atoms with Crippen molar-refractivity contribution in [2.75, 3.05) is 16.3 Å². The Balaban J connectivity index is 1.86. The molecule has 2 aromatic rings. The first kappa shape index (κ1) is 25.7. The monoisotopic (exact) mass is 535 g/mol. The fourth-order valence-corrected chi connectivity index (χ4v) is 5.80. The third-order valence-corrected chi connectivity index (χ3v) is 7.65. The lowest BCUT2D eigenvalue weighted by molar-refractivity contribution is -0.156. The number of nitrogens with zero attached hydrogens (tertiary/aromatic N) is 1. The third-order valence-electron chi connectivity index (χ3n) is 5.68. The van der Waals surface area contributed by atoms with Crippen LogP contribution in [-0.2, 0) is 29.8 Å². The highest BCUT2D eigenvalue weighted by molar-refractivity contribution is 8.23. The molecule has 0 saturated heterocycles. The Morgan fingerprint density at radius 1 is 1.19 bits per heavy atom. The maximum atomic E-state index is 13.8. The zero-order valence-electron chi connectivity index (χ0n) is 19.8. The summed E-state index contributed by atoms with van der Waals surface area (Å²) < 4.78 is 56.2. The Hall–Kier alpha value is -3.39. The van der Waals surface area contributed by atoms with Gasteiger partial charge in [0.05, 0.1) is 23.7 Å². The molecule has 0 fully saturated rings. The maximum absolute atomic E-state index is 13.8. The van der Waals surface area contributed by atoms with E-state index in [0.29, 0.717) is 0 Å². The molecule has 1 heterocycles. The number of benzene rings is 2. The van der Waals surface area contributed by atoms with Crippen LogP contribution >= 0.6 is 10.8 Å². The topological polar surface area (TPSA) is 175 Å². The fourth-order valence-electron chi connectivity index (χ4n) is 4.06. The highest BCUT2D eigenvalue weighted by Crippen LogP contribution is 2.57. The molecule has 2 aromatic carbocycles. The number of anilines is 2. The predicted octanol–water partition coefficient (Wildman–Crippen LogP) is 3.67. The van der Waals surface area contributed by atoms with Gasteiger partial charge < -0.3 is 15.2 Å². The van der Waals surface area contributed by atoms with Crippen LogP contribution in [0.25, 0.3) is 5.76 Å². The molecule has 11 nitrogen and oxygen atoms in total. The highest BCUT2D eigenvalue weighted by atomic mass is 32.3. The molecule has 5 N–H and O–H groups in total. The lowest BCUT2D eigenvalue weighted by atomic mass is 9.69. The van der Waals surface area contributed by atoms with E-state index in [4.69, 9.17) is 4.74 Å². The van der Waals surface area contributed by atoms with Crippen molar-refractivity contribution in [1.82, 2.24) is 0 Å². The molecule has 4 rings (SSSR count). The van der Waals surface area contributed by atoms with Crippen LogP contribution < -0.4 is 10.0 Å². The van der Waals surface area contributed by atoms with Crippen molar-refractivity contribution in [3.8, 4) is 0 Å². The van der Waals surface area contributed by atoms with E-state index < -0.39 is 55.4 Å². The molecule has 192 valence electrons. The largest absolute Gasteiger partial charge is 0.506 e. The number of fused-ring (bicyclic) bond motifs is 2. The second-order valence-corrected chi connectivity index (χ2v) is 12.3. The molecule has 0 aromatic heterocycles. The molecule has 0 radical (unpaired) electrons. The molecule has 1 aliphatic heterocycles.